The van der Waals surface area contributed by atoms with Gasteiger partial charge in [0.2, 0.25) is 0 Å². The van der Waals surface area contributed by atoms with Crippen molar-refractivity contribution in [2.75, 3.05) is 4.90 Å². The lowest BCUT2D eigenvalue weighted by Crippen LogP contribution is -2.26. The molecule has 1 nitrogen and oxygen atoms in total. The molecule has 0 unspecified atom stereocenters. The molecule has 19 rings (SSSR count). The fraction of sp³-hybridized carbons (Fsp3) is 0.0714. The van der Waals surface area contributed by atoms with E-state index in [1.54, 1.807) is 0 Å². The zero-order valence-electron chi connectivity index (χ0n) is 47.5. The highest BCUT2D eigenvalue weighted by atomic mass is 15.1. The molecule has 0 fully saturated rings. The highest BCUT2D eigenvalue weighted by Crippen LogP contribution is 2.68. The van der Waals surface area contributed by atoms with Crippen LogP contribution in [0.3, 0.4) is 0 Å². The van der Waals surface area contributed by atoms with Crippen LogP contribution in [0.25, 0.3) is 109 Å². The molecule has 15 aromatic carbocycles. The zero-order valence-corrected chi connectivity index (χ0v) is 47.5. The zero-order chi connectivity index (χ0) is 56.1. The van der Waals surface area contributed by atoms with E-state index in [1.165, 1.54) is 159 Å². The van der Waals surface area contributed by atoms with Gasteiger partial charge in [0.05, 0.1) is 10.8 Å². The first-order valence-electron chi connectivity index (χ1n) is 30.1. The number of rotatable bonds is 3. The van der Waals surface area contributed by atoms with Gasteiger partial charge in [-0.25, -0.2) is 0 Å². The molecule has 0 bridgehead atoms. The number of fused-ring (bicyclic) bond motifs is 32. The predicted octanol–water partition coefficient (Wildman–Crippen LogP) is 22.1. The van der Waals surface area contributed by atoms with Gasteiger partial charge in [-0.2, -0.15) is 0 Å². The van der Waals surface area contributed by atoms with Gasteiger partial charge < -0.3 is 4.90 Å². The summed E-state index contributed by atoms with van der Waals surface area (Å²) >= 11 is 0. The molecule has 1 heteroatoms. The van der Waals surface area contributed by atoms with Crippen molar-refractivity contribution in [1.82, 2.24) is 0 Å². The minimum absolute atomic E-state index is 0.000657. The molecule has 0 aliphatic heterocycles. The Bertz CT molecular complexity index is 5070. The molecule has 0 N–H and O–H groups in total. The monoisotopic (exact) mass is 1080 g/mol. The third kappa shape index (κ3) is 5.97. The van der Waals surface area contributed by atoms with Gasteiger partial charge in [0, 0.05) is 17.1 Å². The number of hydrogen-bond donors (Lipinski definition) is 0. The topological polar surface area (TPSA) is 3.24 Å². The Morgan fingerprint density at radius 3 is 0.941 bits per heavy atom. The summed E-state index contributed by atoms with van der Waals surface area (Å²) in [7, 11) is 0. The second-order valence-electron chi connectivity index (χ2n) is 25.4. The van der Waals surface area contributed by atoms with E-state index < -0.39 is 10.8 Å². The van der Waals surface area contributed by atoms with Crippen LogP contribution in [0.2, 0.25) is 0 Å². The largest absolute Gasteiger partial charge is 0.310 e. The molecule has 4 aliphatic rings. The Morgan fingerprint density at radius 1 is 0.247 bits per heavy atom. The maximum absolute atomic E-state index is 2.57. The van der Waals surface area contributed by atoms with E-state index >= 15 is 0 Å². The van der Waals surface area contributed by atoms with Gasteiger partial charge in [0.15, 0.2) is 0 Å². The van der Waals surface area contributed by atoms with Crippen LogP contribution in [-0.4, -0.2) is 0 Å². The van der Waals surface area contributed by atoms with Crippen molar-refractivity contribution in [1.29, 1.82) is 0 Å². The lowest BCUT2D eigenvalue weighted by molar-refractivity contribution is 0.590. The quantitative estimate of drug-likeness (QED) is 0.159. The van der Waals surface area contributed by atoms with Gasteiger partial charge in [0.1, 0.15) is 0 Å². The Kier molecular flexibility index (Phi) is 9.26. The molecule has 0 saturated carbocycles. The third-order valence-corrected chi connectivity index (χ3v) is 20.3. The van der Waals surface area contributed by atoms with Crippen molar-refractivity contribution in [2.45, 2.75) is 37.0 Å². The Labute approximate surface area is 494 Å². The first kappa shape index (κ1) is 47.2. The van der Waals surface area contributed by atoms with Crippen LogP contribution in [0.4, 0.5) is 17.1 Å². The van der Waals surface area contributed by atoms with Crippen molar-refractivity contribution in [3.8, 4) is 44.5 Å². The third-order valence-electron chi connectivity index (χ3n) is 20.3. The van der Waals surface area contributed by atoms with Gasteiger partial charge in [-0.1, -0.05) is 239 Å². The summed E-state index contributed by atoms with van der Waals surface area (Å²) in [6.07, 6.45) is 0. The van der Waals surface area contributed by atoms with Gasteiger partial charge in [0.25, 0.3) is 0 Å². The van der Waals surface area contributed by atoms with Crippen molar-refractivity contribution in [3.05, 3.63) is 329 Å². The van der Waals surface area contributed by atoms with Gasteiger partial charge in [-0.05, 0) is 225 Å². The van der Waals surface area contributed by atoms with Crippen LogP contribution in [0.5, 0.6) is 0 Å². The Morgan fingerprint density at radius 2 is 0.565 bits per heavy atom. The molecule has 4 aliphatic carbocycles. The number of nitrogens with zero attached hydrogens (tertiary/aromatic N) is 1. The van der Waals surface area contributed by atoms with Crippen LogP contribution < -0.4 is 4.90 Å². The highest BCUT2D eigenvalue weighted by Gasteiger charge is 2.55. The normalized spacial score (nSPS) is 14.2. The number of benzene rings is 15. The molecule has 0 amide bonds. The summed E-state index contributed by atoms with van der Waals surface area (Å²) in [5.74, 6) is 0. The second-order valence-corrected chi connectivity index (χ2v) is 25.4. The SMILES string of the molecule is CC(C)(C)c1ccc(N(c2ccc3cc4c(cc3c2)C2(c3ccccc3-c3ccccc32)c2c-4c3ccccc3c3ccccc23)c2ccc3cc4c(cc3c2)C2(c3ccccc3-c3ccccc32)c2c-4c3ccccc3c3ccccc23)cc1. The maximum atomic E-state index is 2.57. The molecule has 396 valence electrons. The Hall–Kier alpha value is -10.3. The summed E-state index contributed by atoms with van der Waals surface area (Å²) in [6, 6.07) is 107. The molecule has 85 heavy (non-hydrogen) atoms. The van der Waals surface area contributed by atoms with Crippen LogP contribution in [0.1, 0.15) is 70.8 Å². The van der Waals surface area contributed by atoms with E-state index in [0.29, 0.717) is 0 Å². The molecule has 0 saturated heterocycles. The number of anilines is 3. The maximum Gasteiger partial charge on any atom is 0.0731 e. The van der Waals surface area contributed by atoms with Crippen molar-refractivity contribution in [2.24, 2.45) is 0 Å². The van der Waals surface area contributed by atoms with Crippen molar-refractivity contribution < 1.29 is 0 Å². The summed E-state index contributed by atoms with van der Waals surface area (Å²) in [5, 5.41) is 15.3. The lowest BCUT2D eigenvalue weighted by atomic mass is 9.69. The molecular weight excluding hydrogens is 1020 g/mol. The average molecular weight is 1080 g/mol. The summed E-state index contributed by atoms with van der Waals surface area (Å²) in [5.41, 5.74) is 25.0. The minimum Gasteiger partial charge on any atom is -0.310 e. The molecule has 0 atom stereocenters. The van der Waals surface area contributed by atoms with E-state index in [0.717, 1.165) is 17.1 Å². The number of hydrogen-bond acceptors (Lipinski definition) is 1. The van der Waals surface area contributed by atoms with E-state index in [9.17, 15) is 0 Å². The first-order valence-corrected chi connectivity index (χ1v) is 30.1. The fourth-order valence-corrected chi connectivity index (χ4v) is 16.9. The van der Waals surface area contributed by atoms with Crippen molar-refractivity contribution in [3.63, 3.8) is 0 Å². The van der Waals surface area contributed by atoms with Gasteiger partial charge >= 0.3 is 0 Å². The molecule has 0 aromatic heterocycles. The van der Waals surface area contributed by atoms with Crippen LogP contribution >= 0.6 is 0 Å². The lowest BCUT2D eigenvalue weighted by Gasteiger charge is -2.32. The average Bonchev–Trinajstić information content (AvgIpc) is 1.52. The van der Waals surface area contributed by atoms with Crippen LogP contribution in [0.15, 0.2) is 279 Å². The Balaban J connectivity index is 0.863. The summed E-state index contributed by atoms with van der Waals surface area (Å²) in [6.45, 7) is 6.91. The van der Waals surface area contributed by atoms with E-state index in [1.807, 2.05) is 0 Å². The molecule has 0 radical (unpaired) electrons. The molecule has 15 aromatic rings. The minimum atomic E-state index is -0.539. The van der Waals surface area contributed by atoms with Gasteiger partial charge in [-0.3, -0.25) is 0 Å². The summed E-state index contributed by atoms with van der Waals surface area (Å²) in [4.78, 5) is 2.50. The van der Waals surface area contributed by atoms with Crippen LogP contribution in [-0.2, 0) is 16.2 Å². The standard InChI is InChI=1S/C84H55N/c1-82(2,3)54-38-42-55(43-39-54)85(56-40-36-50-46-70-76(48-52(50)44-56)83(72-32-16-12-24-62(72)63-25-13-17-33-73(63)83)80-68-30-10-6-22-60(68)58-20-4-8-28-66(58)78(70)80)57-41-37-51-47-71-77(49-53(51)45-57)84(74-34-18-14-26-64(74)65-27-15-19-35-75(65)84)81-69-31-11-7-23-61(69)59-21-5-9-29-67(59)79(71)81/h4-49H,1-3H3. The van der Waals surface area contributed by atoms with E-state index in [-0.39, 0.29) is 5.41 Å². The fourth-order valence-electron chi connectivity index (χ4n) is 16.9. The van der Waals surface area contributed by atoms with E-state index in [2.05, 4.69) is 305 Å². The van der Waals surface area contributed by atoms with Crippen LogP contribution in [0, 0.1) is 0 Å². The second kappa shape index (κ2) is 16.7. The van der Waals surface area contributed by atoms with Gasteiger partial charge in [-0.15, -0.1) is 0 Å². The smallest absolute Gasteiger partial charge is 0.0731 e. The van der Waals surface area contributed by atoms with E-state index in [4.69, 9.17) is 0 Å². The summed E-state index contributed by atoms with van der Waals surface area (Å²) < 4.78 is 0. The van der Waals surface area contributed by atoms with Crippen molar-refractivity contribution >= 4 is 81.7 Å². The predicted molar refractivity (Wildman–Crippen MR) is 357 cm³/mol. The highest BCUT2D eigenvalue weighted by molar-refractivity contribution is 6.22. The first-order chi connectivity index (χ1) is 41.8. The molecule has 2 spiro atoms. The molecule has 0 heterocycles. The molecular formula is C84H55N.